The molecule has 92 valence electrons. The molecule has 2 rings (SSSR count). The molecule has 4 nitrogen and oxygen atoms in total. The summed E-state index contributed by atoms with van der Waals surface area (Å²) >= 11 is 7.81. The highest BCUT2D eigenvalue weighted by Crippen LogP contribution is 2.29. The Balaban J connectivity index is 2.47. The van der Waals surface area contributed by atoms with Crippen LogP contribution in [0.15, 0.2) is 17.1 Å². The molecule has 0 aliphatic heterocycles. The lowest BCUT2D eigenvalue weighted by molar-refractivity contribution is 0.482. The predicted octanol–water partition coefficient (Wildman–Crippen LogP) is 2.88. The largest absolute Gasteiger partial charge is 0.307 e. The Bertz CT molecular complexity index is 478. The minimum absolute atomic E-state index is 0.0151. The summed E-state index contributed by atoms with van der Waals surface area (Å²) in [5.41, 5.74) is 3.76. The first kappa shape index (κ1) is 12.5. The Morgan fingerprint density at radius 1 is 1.47 bits per heavy atom. The van der Waals surface area contributed by atoms with Crippen LogP contribution in [-0.2, 0) is 0 Å². The number of thiazole rings is 1. The molecule has 1 atom stereocenters. The highest BCUT2D eigenvalue weighted by molar-refractivity contribution is 7.07. The van der Waals surface area contributed by atoms with Gasteiger partial charge < -0.3 is 5.32 Å². The van der Waals surface area contributed by atoms with Crippen molar-refractivity contribution >= 4 is 22.9 Å². The Hall–Kier alpha value is -0.910. The van der Waals surface area contributed by atoms with Crippen molar-refractivity contribution in [1.29, 1.82) is 0 Å². The van der Waals surface area contributed by atoms with Gasteiger partial charge in [0.15, 0.2) is 0 Å². The first-order chi connectivity index (χ1) is 8.15. The van der Waals surface area contributed by atoms with Gasteiger partial charge in [0.05, 0.1) is 34.2 Å². The van der Waals surface area contributed by atoms with E-state index >= 15 is 0 Å². The summed E-state index contributed by atoms with van der Waals surface area (Å²) in [6, 6.07) is 0.255. The van der Waals surface area contributed by atoms with Crippen LogP contribution in [0.2, 0.25) is 5.02 Å². The van der Waals surface area contributed by atoms with Gasteiger partial charge in [-0.3, -0.25) is 4.68 Å². The predicted molar refractivity (Wildman–Crippen MR) is 70.6 cm³/mol. The number of hydrogen-bond donors (Lipinski definition) is 1. The van der Waals surface area contributed by atoms with Crippen LogP contribution in [0.5, 0.6) is 0 Å². The standard InChI is InChI=1S/C11H15ClN4S/c1-7(2)16-11(8(12)4-15-16)10(13-3)9-5-17-6-14-9/h4-7,10,13H,1-3H3. The third kappa shape index (κ3) is 2.36. The van der Waals surface area contributed by atoms with E-state index in [2.05, 4.69) is 29.2 Å². The van der Waals surface area contributed by atoms with E-state index in [4.69, 9.17) is 11.6 Å². The van der Waals surface area contributed by atoms with Crippen molar-refractivity contribution in [2.24, 2.45) is 0 Å². The number of nitrogens with zero attached hydrogens (tertiary/aromatic N) is 3. The molecule has 17 heavy (non-hydrogen) atoms. The minimum Gasteiger partial charge on any atom is -0.307 e. The van der Waals surface area contributed by atoms with E-state index in [0.717, 1.165) is 11.4 Å². The first-order valence-electron chi connectivity index (χ1n) is 5.43. The highest BCUT2D eigenvalue weighted by atomic mass is 35.5. The van der Waals surface area contributed by atoms with E-state index < -0.39 is 0 Å². The van der Waals surface area contributed by atoms with Gasteiger partial charge in [-0.25, -0.2) is 4.98 Å². The monoisotopic (exact) mass is 270 g/mol. The van der Waals surface area contributed by atoms with Gasteiger partial charge >= 0.3 is 0 Å². The van der Waals surface area contributed by atoms with E-state index in [1.54, 1.807) is 17.5 Å². The summed E-state index contributed by atoms with van der Waals surface area (Å²) in [5.74, 6) is 0. The highest BCUT2D eigenvalue weighted by Gasteiger charge is 2.23. The van der Waals surface area contributed by atoms with Gasteiger partial charge in [0, 0.05) is 11.4 Å². The fourth-order valence-electron chi connectivity index (χ4n) is 1.82. The molecule has 0 amide bonds. The normalized spacial score (nSPS) is 13.2. The Labute approximate surface area is 110 Å². The molecule has 0 aliphatic rings. The summed E-state index contributed by atoms with van der Waals surface area (Å²) in [6.07, 6.45) is 1.69. The van der Waals surface area contributed by atoms with Crippen molar-refractivity contribution < 1.29 is 0 Å². The SMILES string of the molecule is CNC(c1cscn1)c1c(Cl)cnn1C(C)C. The van der Waals surface area contributed by atoms with E-state index in [9.17, 15) is 0 Å². The van der Waals surface area contributed by atoms with Gasteiger partial charge in [-0.2, -0.15) is 5.10 Å². The lowest BCUT2D eigenvalue weighted by atomic mass is 10.1. The maximum Gasteiger partial charge on any atom is 0.0943 e. The number of hydrogen-bond acceptors (Lipinski definition) is 4. The molecule has 1 N–H and O–H groups in total. The third-order valence-electron chi connectivity index (χ3n) is 2.59. The average Bonchev–Trinajstić information content (AvgIpc) is 2.91. The maximum absolute atomic E-state index is 6.23. The van der Waals surface area contributed by atoms with Crippen molar-refractivity contribution in [3.63, 3.8) is 0 Å². The van der Waals surface area contributed by atoms with Crippen LogP contribution in [-0.4, -0.2) is 21.8 Å². The molecule has 0 spiro atoms. The molecule has 0 aliphatic carbocycles. The van der Waals surface area contributed by atoms with Crippen LogP contribution >= 0.6 is 22.9 Å². The molecule has 2 heterocycles. The molecule has 0 aromatic carbocycles. The summed E-state index contributed by atoms with van der Waals surface area (Å²) in [6.45, 7) is 4.17. The second-order valence-electron chi connectivity index (χ2n) is 4.05. The molecule has 0 radical (unpaired) electrons. The molecular formula is C11H15ClN4S. The van der Waals surface area contributed by atoms with Crippen LogP contribution in [0.4, 0.5) is 0 Å². The fraction of sp³-hybridized carbons (Fsp3) is 0.455. The molecular weight excluding hydrogens is 256 g/mol. The summed E-state index contributed by atoms with van der Waals surface area (Å²) in [5, 5.41) is 10.3. The zero-order valence-corrected chi connectivity index (χ0v) is 11.6. The number of nitrogens with one attached hydrogen (secondary N) is 1. The second kappa shape index (κ2) is 5.16. The van der Waals surface area contributed by atoms with E-state index in [1.165, 1.54) is 0 Å². The molecule has 6 heteroatoms. The molecule has 0 saturated heterocycles. The van der Waals surface area contributed by atoms with Gasteiger partial charge in [0.1, 0.15) is 0 Å². The summed E-state index contributed by atoms with van der Waals surface area (Å²) < 4.78 is 1.93. The zero-order chi connectivity index (χ0) is 12.4. The second-order valence-corrected chi connectivity index (χ2v) is 5.18. The van der Waals surface area contributed by atoms with Crippen molar-refractivity contribution in [2.75, 3.05) is 7.05 Å². The van der Waals surface area contributed by atoms with Gasteiger partial charge in [0.25, 0.3) is 0 Å². The van der Waals surface area contributed by atoms with E-state index in [0.29, 0.717) is 5.02 Å². The lowest BCUT2D eigenvalue weighted by Gasteiger charge is -2.18. The van der Waals surface area contributed by atoms with Gasteiger partial charge in [-0.1, -0.05) is 11.6 Å². The van der Waals surface area contributed by atoms with Crippen LogP contribution in [0.3, 0.4) is 0 Å². The molecule has 0 fully saturated rings. The maximum atomic E-state index is 6.23. The molecule has 0 saturated carbocycles. The molecule has 0 bridgehead atoms. The van der Waals surface area contributed by atoms with Gasteiger partial charge in [-0.15, -0.1) is 11.3 Å². The van der Waals surface area contributed by atoms with E-state index in [1.807, 2.05) is 22.6 Å². The number of rotatable bonds is 4. The molecule has 2 aromatic heterocycles. The van der Waals surface area contributed by atoms with Crippen LogP contribution in [0, 0.1) is 0 Å². The topological polar surface area (TPSA) is 42.7 Å². The van der Waals surface area contributed by atoms with Crippen LogP contribution in [0.25, 0.3) is 0 Å². The van der Waals surface area contributed by atoms with Gasteiger partial charge in [-0.05, 0) is 20.9 Å². The fourth-order valence-corrected chi connectivity index (χ4v) is 2.64. The zero-order valence-electron chi connectivity index (χ0n) is 10.0. The smallest absolute Gasteiger partial charge is 0.0943 e. The minimum atomic E-state index is -0.0151. The van der Waals surface area contributed by atoms with Crippen LogP contribution < -0.4 is 5.32 Å². The average molecular weight is 271 g/mol. The Morgan fingerprint density at radius 2 is 2.24 bits per heavy atom. The van der Waals surface area contributed by atoms with Crippen molar-refractivity contribution in [3.8, 4) is 0 Å². The van der Waals surface area contributed by atoms with Crippen molar-refractivity contribution in [2.45, 2.75) is 25.9 Å². The Morgan fingerprint density at radius 3 is 2.76 bits per heavy atom. The summed E-state index contributed by atoms with van der Waals surface area (Å²) in [4.78, 5) is 4.34. The number of halogens is 1. The van der Waals surface area contributed by atoms with E-state index in [-0.39, 0.29) is 12.1 Å². The summed E-state index contributed by atoms with van der Waals surface area (Å²) in [7, 11) is 1.90. The number of aromatic nitrogens is 3. The lowest BCUT2D eigenvalue weighted by Crippen LogP contribution is -2.23. The Kier molecular flexibility index (Phi) is 3.81. The van der Waals surface area contributed by atoms with Crippen molar-refractivity contribution in [1.82, 2.24) is 20.1 Å². The molecule has 1 unspecified atom stereocenters. The third-order valence-corrected chi connectivity index (χ3v) is 3.48. The quantitative estimate of drug-likeness (QED) is 0.929. The first-order valence-corrected chi connectivity index (χ1v) is 6.75. The molecule has 2 aromatic rings. The van der Waals surface area contributed by atoms with Crippen molar-refractivity contribution in [3.05, 3.63) is 33.5 Å². The van der Waals surface area contributed by atoms with Crippen LogP contribution in [0.1, 0.15) is 37.3 Å². The van der Waals surface area contributed by atoms with Gasteiger partial charge in [0.2, 0.25) is 0 Å².